The summed E-state index contributed by atoms with van der Waals surface area (Å²) in [6, 6.07) is 8.31. The van der Waals surface area contributed by atoms with E-state index in [4.69, 9.17) is 11.1 Å². The van der Waals surface area contributed by atoms with E-state index in [9.17, 15) is 4.79 Å². The third-order valence-electron chi connectivity index (χ3n) is 6.07. The number of rotatable bonds is 7. The number of amides is 1. The van der Waals surface area contributed by atoms with Crippen molar-refractivity contribution in [1.29, 1.82) is 5.41 Å². The van der Waals surface area contributed by atoms with Gasteiger partial charge in [-0.2, -0.15) is 0 Å². The number of nitrogens with one attached hydrogen (secondary N) is 1. The molecule has 7 nitrogen and oxygen atoms in total. The van der Waals surface area contributed by atoms with Crippen LogP contribution in [0.15, 0.2) is 55.3 Å². The maximum atomic E-state index is 12.5. The molecule has 1 aromatic carbocycles. The van der Waals surface area contributed by atoms with Gasteiger partial charge in [0.15, 0.2) is 0 Å². The van der Waals surface area contributed by atoms with Gasteiger partial charge < -0.3 is 20.6 Å². The van der Waals surface area contributed by atoms with Gasteiger partial charge in [0.2, 0.25) is 5.91 Å². The molecule has 1 amide bonds. The van der Waals surface area contributed by atoms with E-state index >= 15 is 0 Å². The summed E-state index contributed by atoms with van der Waals surface area (Å²) in [6.07, 6.45) is 13.1. The Morgan fingerprint density at radius 1 is 1.23 bits per heavy atom. The number of allylic oxidation sites excluding steroid dienone is 1. The smallest absolute Gasteiger partial charge is 0.222 e. The van der Waals surface area contributed by atoms with Crippen LogP contribution in [0.1, 0.15) is 30.5 Å². The van der Waals surface area contributed by atoms with Crippen LogP contribution < -0.4 is 5.73 Å². The van der Waals surface area contributed by atoms with Crippen molar-refractivity contribution in [3.63, 3.8) is 0 Å². The Labute approximate surface area is 182 Å². The van der Waals surface area contributed by atoms with Gasteiger partial charge in [0.1, 0.15) is 0 Å². The van der Waals surface area contributed by atoms with Gasteiger partial charge in [0.05, 0.1) is 5.69 Å². The fourth-order valence-corrected chi connectivity index (χ4v) is 4.26. The van der Waals surface area contributed by atoms with Crippen LogP contribution in [0.4, 0.5) is 0 Å². The van der Waals surface area contributed by atoms with Gasteiger partial charge in [-0.3, -0.25) is 14.8 Å². The molecule has 0 unspecified atom stereocenters. The summed E-state index contributed by atoms with van der Waals surface area (Å²) in [5.74, 6) is 0.762. The minimum atomic E-state index is 0.206. The molecule has 0 bridgehead atoms. The number of benzene rings is 1. The Hall–Kier alpha value is -3.48. The molecule has 1 aliphatic heterocycles. The molecule has 0 aliphatic carbocycles. The molecule has 0 radical (unpaired) electrons. The summed E-state index contributed by atoms with van der Waals surface area (Å²) in [7, 11) is 0. The number of aryl methyl sites for hydroxylation is 1. The van der Waals surface area contributed by atoms with Gasteiger partial charge in [0, 0.05) is 79.7 Å². The van der Waals surface area contributed by atoms with Crippen molar-refractivity contribution in [1.82, 2.24) is 19.4 Å². The molecule has 1 saturated heterocycles. The number of hydrogen-bond donors (Lipinski definition) is 2. The van der Waals surface area contributed by atoms with E-state index in [0.717, 1.165) is 49.1 Å². The molecule has 3 aromatic rings. The number of piperidine rings is 1. The highest BCUT2D eigenvalue weighted by Crippen LogP contribution is 2.25. The van der Waals surface area contributed by atoms with Gasteiger partial charge in [0.25, 0.3) is 0 Å². The Kier molecular flexibility index (Phi) is 6.40. The van der Waals surface area contributed by atoms with E-state index in [0.29, 0.717) is 24.3 Å². The molecule has 2 aromatic heterocycles. The van der Waals surface area contributed by atoms with Crippen LogP contribution >= 0.6 is 0 Å². The van der Waals surface area contributed by atoms with E-state index in [2.05, 4.69) is 38.9 Å². The molecular formula is C24H28N6O. The molecular weight excluding hydrogens is 388 g/mol. The van der Waals surface area contributed by atoms with E-state index in [1.54, 1.807) is 18.6 Å². The maximum Gasteiger partial charge on any atom is 0.222 e. The largest absolute Gasteiger partial charge is 0.404 e. The minimum absolute atomic E-state index is 0.206. The molecule has 1 aliphatic rings. The zero-order valence-corrected chi connectivity index (χ0v) is 17.6. The first-order valence-corrected chi connectivity index (χ1v) is 10.7. The molecule has 4 rings (SSSR count). The van der Waals surface area contributed by atoms with Gasteiger partial charge in [-0.1, -0.05) is 6.07 Å². The van der Waals surface area contributed by atoms with E-state index in [1.807, 2.05) is 11.0 Å². The lowest BCUT2D eigenvalue weighted by atomic mass is 9.96. The van der Waals surface area contributed by atoms with Gasteiger partial charge in [-0.05, 0) is 48.9 Å². The lowest BCUT2D eigenvalue weighted by molar-refractivity contribution is -0.132. The number of nitrogens with two attached hydrogens (primary N) is 1. The van der Waals surface area contributed by atoms with Crippen molar-refractivity contribution in [2.75, 3.05) is 13.1 Å². The highest BCUT2D eigenvalue weighted by atomic mass is 16.2. The van der Waals surface area contributed by atoms with Crippen molar-refractivity contribution in [3.05, 3.63) is 66.5 Å². The molecule has 31 heavy (non-hydrogen) atoms. The van der Waals surface area contributed by atoms with Crippen molar-refractivity contribution in [3.8, 4) is 0 Å². The zero-order chi connectivity index (χ0) is 21.6. The fraction of sp³-hybridized carbons (Fsp3) is 0.333. The summed E-state index contributed by atoms with van der Waals surface area (Å²) in [5.41, 5.74) is 9.34. The van der Waals surface area contributed by atoms with Crippen LogP contribution in [-0.2, 0) is 17.8 Å². The van der Waals surface area contributed by atoms with Gasteiger partial charge in [-0.15, -0.1) is 0 Å². The van der Waals surface area contributed by atoms with Crippen LogP contribution in [-0.4, -0.2) is 44.6 Å². The number of fused-ring (bicyclic) bond motifs is 1. The predicted molar refractivity (Wildman–Crippen MR) is 123 cm³/mol. The van der Waals surface area contributed by atoms with Gasteiger partial charge in [-0.25, -0.2) is 0 Å². The second-order valence-corrected chi connectivity index (χ2v) is 8.03. The highest BCUT2D eigenvalue weighted by Gasteiger charge is 2.23. The Bertz CT molecular complexity index is 1080. The molecule has 0 atom stereocenters. The molecule has 160 valence electrons. The van der Waals surface area contributed by atoms with Crippen LogP contribution in [0.25, 0.3) is 16.5 Å². The average molecular weight is 417 g/mol. The third kappa shape index (κ3) is 4.82. The SMILES string of the molecule is N=C/C(=C\N)c1ccc2c(ccn2CC2CCN(C(=O)CCc3cnccn3)CC2)c1. The maximum absolute atomic E-state index is 12.5. The predicted octanol–water partition coefficient (Wildman–Crippen LogP) is 3.25. The van der Waals surface area contributed by atoms with Crippen molar-refractivity contribution < 1.29 is 4.79 Å². The van der Waals surface area contributed by atoms with E-state index in [1.165, 1.54) is 17.9 Å². The summed E-state index contributed by atoms with van der Waals surface area (Å²) >= 11 is 0. The number of carbonyl (C=O) groups is 1. The van der Waals surface area contributed by atoms with Crippen molar-refractivity contribution in [2.24, 2.45) is 11.7 Å². The third-order valence-corrected chi connectivity index (χ3v) is 6.07. The molecule has 0 spiro atoms. The summed E-state index contributed by atoms with van der Waals surface area (Å²) < 4.78 is 2.30. The van der Waals surface area contributed by atoms with Crippen LogP contribution in [0, 0.1) is 11.3 Å². The molecule has 3 heterocycles. The second kappa shape index (κ2) is 9.55. The highest BCUT2D eigenvalue weighted by molar-refractivity contribution is 6.09. The molecule has 0 saturated carbocycles. The van der Waals surface area contributed by atoms with Crippen LogP contribution in [0.2, 0.25) is 0 Å². The lowest BCUT2D eigenvalue weighted by Gasteiger charge is -2.32. The second-order valence-electron chi connectivity index (χ2n) is 8.03. The number of aromatic nitrogens is 3. The quantitative estimate of drug-likeness (QED) is 0.577. The van der Waals surface area contributed by atoms with Crippen LogP contribution in [0.5, 0.6) is 0 Å². The molecule has 1 fully saturated rings. The topological polar surface area (TPSA) is 101 Å². The van der Waals surface area contributed by atoms with Crippen LogP contribution in [0.3, 0.4) is 0 Å². The van der Waals surface area contributed by atoms with Crippen molar-refractivity contribution >= 4 is 28.6 Å². The molecule has 7 heteroatoms. The Balaban J connectivity index is 1.32. The first kappa shape index (κ1) is 20.8. The summed E-state index contributed by atoms with van der Waals surface area (Å²) in [4.78, 5) is 22.8. The summed E-state index contributed by atoms with van der Waals surface area (Å²) in [6.45, 7) is 2.59. The number of carbonyl (C=O) groups excluding carboxylic acids is 1. The fourth-order valence-electron chi connectivity index (χ4n) is 4.26. The van der Waals surface area contributed by atoms with E-state index < -0.39 is 0 Å². The normalized spacial score (nSPS) is 15.4. The monoisotopic (exact) mass is 416 g/mol. The van der Waals surface area contributed by atoms with Gasteiger partial charge >= 0.3 is 0 Å². The number of nitrogens with zero attached hydrogens (tertiary/aromatic N) is 4. The standard InChI is InChI=1S/C24H28N6O/c25-14-21(15-26)19-1-3-23-20(13-19)7-12-30(23)17-18-5-10-29(11-6-18)24(31)4-2-22-16-27-8-9-28-22/h1,3,7-9,12-16,18,25H,2,4-6,10-11,17,26H2/b21-15+,25-14?. The first-order valence-electron chi connectivity index (χ1n) is 10.7. The van der Waals surface area contributed by atoms with Crippen molar-refractivity contribution in [2.45, 2.75) is 32.2 Å². The average Bonchev–Trinajstić information content (AvgIpc) is 3.21. The Morgan fingerprint density at radius 3 is 2.77 bits per heavy atom. The number of hydrogen-bond acceptors (Lipinski definition) is 5. The minimum Gasteiger partial charge on any atom is -0.404 e. The Morgan fingerprint density at radius 2 is 2.06 bits per heavy atom. The summed E-state index contributed by atoms with van der Waals surface area (Å²) in [5, 5.41) is 8.63. The first-order chi connectivity index (χ1) is 15.2. The zero-order valence-electron chi connectivity index (χ0n) is 17.6. The van der Waals surface area contributed by atoms with E-state index in [-0.39, 0.29) is 5.91 Å². The number of likely N-dealkylation sites (tertiary alicyclic amines) is 1. The molecule has 3 N–H and O–H groups in total. The lowest BCUT2D eigenvalue weighted by Crippen LogP contribution is -2.39.